The average Bonchev–Trinajstić information content (AvgIpc) is 3.02. The Bertz CT molecular complexity index is 1680. The highest BCUT2D eigenvalue weighted by Gasteiger charge is 2.54. The maximum Gasteiger partial charge on any atom is 0.540 e. The molecule has 3 aromatic carbocycles. The first-order valence-electron chi connectivity index (χ1n) is 14.6. The number of aliphatic carboxylic acids is 1. The summed E-state index contributed by atoms with van der Waals surface area (Å²) in [5.74, 6) is -3.57. The van der Waals surface area contributed by atoms with Crippen LogP contribution in [0.15, 0.2) is 72.8 Å². The van der Waals surface area contributed by atoms with Crippen molar-refractivity contribution in [2.24, 2.45) is 0 Å². The Morgan fingerprint density at radius 3 is 2.09 bits per heavy atom. The van der Waals surface area contributed by atoms with Gasteiger partial charge in [0.1, 0.15) is 5.75 Å². The molecule has 2 N–H and O–H groups in total. The first kappa shape index (κ1) is 32.6. The number of benzene rings is 3. The molecule has 8 nitrogen and oxygen atoms in total. The summed E-state index contributed by atoms with van der Waals surface area (Å²) in [7, 11) is 0. The van der Waals surface area contributed by atoms with Crippen LogP contribution < -0.4 is 10.1 Å². The smallest absolute Gasteiger partial charge is 0.481 e. The summed E-state index contributed by atoms with van der Waals surface area (Å²) in [6, 6.07) is 15.2. The van der Waals surface area contributed by atoms with Crippen molar-refractivity contribution in [2.45, 2.75) is 56.8 Å². The second-order valence-electron chi connectivity index (χ2n) is 11.1. The lowest BCUT2D eigenvalue weighted by molar-refractivity contribution is -0.461. The van der Waals surface area contributed by atoms with Crippen molar-refractivity contribution in [1.82, 2.24) is 5.32 Å². The van der Waals surface area contributed by atoms with Crippen LogP contribution in [0.4, 0.5) is 17.6 Å². The predicted octanol–water partition coefficient (Wildman–Crippen LogP) is 7.10. The van der Waals surface area contributed by atoms with Gasteiger partial charge in [-0.25, -0.2) is 4.74 Å². The number of carboxylic acids is 1. The molecule has 1 fully saturated rings. The molecule has 46 heavy (non-hydrogen) atoms. The number of amides is 1. The van der Waals surface area contributed by atoms with Crippen molar-refractivity contribution in [1.29, 1.82) is 0 Å². The van der Waals surface area contributed by atoms with E-state index in [2.05, 4.69) is 14.8 Å². The molecule has 0 radical (unpaired) electrons. The third-order valence-electron chi connectivity index (χ3n) is 7.91. The normalized spacial score (nSPS) is 17.3. The molecule has 1 saturated carbocycles. The topological polar surface area (TPSA) is 119 Å². The quantitative estimate of drug-likeness (QED) is 0.138. The number of allylic oxidation sites excluding steroid dienone is 2. The van der Waals surface area contributed by atoms with E-state index in [4.69, 9.17) is 5.11 Å². The summed E-state index contributed by atoms with van der Waals surface area (Å²) in [4.78, 5) is 50.3. The van der Waals surface area contributed by atoms with Gasteiger partial charge in [-0.15, -0.1) is 8.78 Å². The monoisotopic (exact) mass is 639 g/mol. The van der Waals surface area contributed by atoms with E-state index in [1.165, 1.54) is 30.7 Å². The zero-order chi connectivity index (χ0) is 33.1. The van der Waals surface area contributed by atoms with Gasteiger partial charge in [-0.05, 0) is 66.3 Å². The molecule has 240 valence electrons. The Morgan fingerprint density at radius 1 is 0.826 bits per heavy atom. The number of fused-ring (bicyclic) bond motifs is 1. The zero-order valence-corrected chi connectivity index (χ0v) is 24.4. The van der Waals surface area contributed by atoms with Crippen LogP contribution in [-0.4, -0.2) is 41.4 Å². The number of carboxylic acid groups (broad SMARTS) is 1. The van der Waals surface area contributed by atoms with Gasteiger partial charge < -0.3 is 15.2 Å². The molecule has 12 heteroatoms. The number of ether oxygens (including phenoxy) is 2. The fraction of sp³-hybridized carbons (Fsp3) is 0.294. The highest BCUT2D eigenvalue weighted by Crippen LogP contribution is 2.46. The first-order valence-corrected chi connectivity index (χ1v) is 14.6. The maximum atomic E-state index is 14.4. The number of carbonyl (C=O) groups excluding carboxylic acids is 3. The lowest BCUT2D eigenvalue weighted by atomic mass is 9.83. The summed E-state index contributed by atoms with van der Waals surface area (Å²) in [5, 5.41) is 11.2. The zero-order valence-electron chi connectivity index (χ0n) is 24.4. The minimum Gasteiger partial charge on any atom is -0.481 e. The van der Waals surface area contributed by atoms with E-state index >= 15 is 0 Å². The van der Waals surface area contributed by atoms with Crippen molar-refractivity contribution < 1.29 is 51.3 Å². The molecule has 3 aromatic rings. The third-order valence-corrected chi connectivity index (χ3v) is 7.91. The molecule has 0 bridgehead atoms. The highest BCUT2D eigenvalue weighted by atomic mass is 19.3. The molecule has 0 unspecified atom stereocenters. The maximum absolute atomic E-state index is 14.4. The Kier molecular flexibility index (Phi) is 9.38. The fourth-order valence-corrected chi connectivity index (χ4v) is 5.53. The molecule has 0 spiro atoms. The van der Waals surface area contributed by atoms with Crippen molar-refractivity contribution in [3.05, 3.63) is 106 Å². The Labute approximate surface area is 261 Å². The van der Waals surface area contributed by atoms with E-state index in [0.29, 0.717) is 17.5 Å². The van der Waals surface area contributed by atoms with Gasteiger partial charge in [-0.3, -0.25) is 19.2 Å². The number of nitrogens with one attached hydrogen (secondary N) is 1. The number of ketones is 2. The summed E-state index contributed by atoms with van der Waals surface area (Å²) in [5.41, 5.74) is 0.288. The van der Waals surface area contributed by atoms with Gasteiger partial charge >= 0.3 is 18.4 Å². The van der Waals surface area contributed by atoms with Crippen LogP contribution >= 0.6 is 0 Å². The minimum atomic E-state index is -4.57. The van der Waals surface area contributed by atoms with Crippen LogP contribution in [0.25, 0.3) is 5.57 Å². The predicted molar refractivity (Wildman–Crippen MR) is 157 cm³/mol. The van der Waals surface area contributed by atoms with Gasteiger partial charge in [0.05, 0.1) is 12.0 Å². The molecular formula is C34H29F4NO7. The van der Waals surface area contributed by atoms with Gasteiger partial charge in [0.15, 0.2) is 11.6 Å². The van der Waals surface area contributed by atoms with E-state index in [0.717, 1.165) is 49.5 Å². The molecule has 1 aliphatic carbocycles. The summed E-state index contributed by atoms with van der Waals surface area (Å²) >= 11 is 0. The van der Waals surface area contributed by atoms with Crippen LogP contribution in [-0.2, 0) is 15.6 Å². The number of Topliss-reactive ketones (excluding diaryl/α,β-unsaturated/α-hetero) is 1. The Hall–Kier alpha value is -4.84. The minimum absolute atomic E-state index is 0.0673. The fourth-order valence-electron chi connectivity index (χ4n) is 5.53. The summed E-state index contributed by atoms with van der Waals surface area (Å²) < 4.78 is 63.3. The lowest BCUT2D eigenvalue weighted by Gasteiger charge is -2.30. The number of hydrogen-bond acceptors (Lipinski definition) is 6. The van der Waals surface area contributed by atoms with E-state index in [1.54, 1.807) is 12.1 Å². The molecule has 0 saturated heterocycles. The van der Waals surface area contributed by atoms with Gasteiger partial charge in [0.25, 0.3) is 5.91 Å². The Balaban J connectivity index is 1.46. The first-order chi connectivity index (χ1) is 21.8. The molecule has 0 aromatic heterocycles. The summed E-state index contributed by atoms with van der Waals surface area (Å²) in [6.45, 7) is -0.0873. The number of carbonyl (C=O) groups is 4. The van der Waals surface area contributed by atoms with Crippen molar-refractivity contribution in [2.75, 3.05) is 6.54 Å². The SMILES string of the molecule is O=C(O)CCNC(=O)c1ccc(C(=O)C(=CC(=O)c2ccc3c(c2)C(F)(F)OC(F)(F)O3)c2ccc(C3CCCCC3)cc2)cc1. The number of hydrogen-bond donors (Lipinski definition) is 2. The molecule has 0 atom stereocenters. The van der Waals surface area contributed by atoms with E-state index in [1.807, 2.05) is 12.1 Å². The molecule has 1 aliphatic heterocycles. The van der Waals surface area contributed by atoms with Crippen LogP contribution in [0.3, 0.4) is 0 Å². The van der Waals surface area contributed by atoms with Crippen molar-refractivity contribution in [3.63, 3.8) is 0 Å². The molecule has 2 aliphatic rings. The van der Waals surface area contributed by atoms with Gasteiger partial charge in [-0.1, -0.05) is 55.7 Å². The van der Waals surface area contributed by atoms with E-state index in [-0.39, 0.29) is 35.2 Å². The third kappa shape index (κ3) is 7.51. The summed E-state index contributed by atoms with van der Waals surface area (Å²) in [6.07, 6.45) is -2.81. The molecule has 1 amide bonds. The number of rotatable bonds is 10. The Morgan fingerprint density at radius 2 is 1.43 bits per heavy atom. The van der Waals surface area contributed by atoms with Crippen LogP contribution in [0.2, 0.25) is 0 Å². The van der Waals surface area contributed by atoms with E-state index < -0.39 is 47.2 Å². The van der Waals surface area contributed by atoms with Crippen LogP contribution in [0.5, 0.6) is 5.75 Å². The molecular weight excluding hydrogens is 610 g/mol. The van der Waals surface area contributed by atoms with E-state index in [9.17, 15) is 36.7 Å². The lowest BCUT2D eigenvalue weighted by Crippen LogP contribution is -2.41. The second kappa shape index (κ2) is 13.3. The number of alkyl halides is 4. The highest BCUT2D eigenvalue weighted by molar-refractivity contribution is 6.32. The largest absolute Gasteiger partial charge is 0.540 e. The van der Waals surface area contributed by atoms with Crippen molar-refractivity contribution >= 4 is 29.0 Å². The average molecular weight is 640 g/mol. The van der Waals surface area contributed by atoms with Gasteiger partial charge in [-0.2, -0.15) is 8.78 Å². The van der Waals surface area contributed by atoms with Crippen molar-refractivity contribution in [3.8, 4) is 5.75 Å². The van der Waals surface area contributed by atoms with Gasteiger partial charge in [0.2, 0.25) is 0 Å². The van der Waals surface area contributed by atoms with Gasteiger partial charge in [0, 0.05) is 28.8 Å². The standard InChI is InChI=1S/C34H29F4NO7/c35-33(36)27-18-25(14-15-29(27)45-34(37,38)46-33)28(40)19-26(22-8-6-21(7-9-22)20-4-2-1-3-5-20)31(43)23-10-12-24(13-11-23)32(44)39-17-16-30(41)42/h6-15,18-20H,1-5,16-17H2,(H,39,44)(H,41,42). The molecule has 5 rings (SSSR count). The van der Waals surface area contributed by atoms with Crippen LogP contribution in [0.1, 0.15) is 92.2 Å². The van der Waals surface area contributed by atoms with Crippen LogP contribution in [0, 0.1) is 0 Å². The second-order valence-corrected chi connectivity index (χ2v) is 11.1. The number of halogens is 4. The molecule has 1 heterocycles.